The van der Waals surface area contributed by atoms with Gasteiger partial charge >= 0.3 is 5.97 Å². The van der Waals surface area contributed by atoms with E-state index < -0.39 is 17.0 Å². The van der Waals surface area contributed by atoms with Gasteiger partial charge in [0.05, 0.1) is 11.7 Å². The van der Waals surface area contributed by atoms with Crippen LogP contribution in [0.1, 0.15) is 26.7 Å². The average Bonchev–Trinajstić information content (AvgIpc) is 2.02. The third-order valence-corrected chi connectivity index (χ3v) is 2.37. The summed E-state index contributed by atoms with van der Waals surface area (Å²) in [6, 6.07) is 1.89. The number of carbonyl (C=O) groups is 1. The molecule has 1 aliphatic rings. The summed E-state index contributed by atoms with van der Waals surface area (Å²) in [4.78, 5) is 10.9. The first-order valence-corrected chi connectivity index (χ1v) is 4.20. The maximum Gasteiger partial charge on any atom is 0.324 e. The predicted molar refractivity (Wildman–Crippen MR) is 44.9 cm³/mol. The lowest BCUT2D eigenvalue weighted by atomic mass is 9.75. The molecule has 0 aromatic carbocycles. The highest BCUT2D eigenvalue weighted by molar-refractivity contribution is 5.78. The lowest BCUT2D eigenvalue weighted by Crippen LogP contribution is -2.44. The fourth-order valence-electron chi connectivity index (χ4n) is 1.69. The lowest BCUT2D eigenvalue weighted by molar-refractivity contribution is -0.159. The van der Waals surface area contributed by atoms with Gasteiger partial charge in [0.15, 0.2) is 5.41 Å². The van der Waals surface area contributed by atoms with E-state index in [0.717, 1.165) is 0 Å². The number of carboxylic acids is 1. The Morgan fingerprint density at radius 2 is 2.23 bits per heavy atom. The quantitative estimate of drug-likeness (QED) is 0.662. The highest BCUT2D eigenvalue weighted by atomic mass is 16.5. The van der Waals surface area contributed by atoms with Crippen molar-refractivity contribution in [3.8, 4) is 6.07 Å². The standard InChI is InChI=1S/C9H13NO3/c1-8(2)5-9(6-10,7(11)12)3-4-13-8/h3-5H2,1-2H3,(H,11,12). The Kier molecular flexibility index (Phi) is 2.31. The fourth-order valence-corrected chi connectivity index (χ4v) is 1.69. The van der Waals surface area contributed by atoms with Crippen LogP contribution >= 0.6 is 0 Å². The molecule has 1 unspecified atom stereocenters. The summed E-state index contributed by atoms with van der Waals surface area (Å²) in [5, 5.41) is 17.8. The summed E-state index contributed by atoms with van der Waals surface area (Å²) >= 11 is 0. The third kappa shape index (κ3) is 1.81. The minimum Gasteiger partial charge on any atom is -0.480 e. The van der Waals surface area contributed by atoms with E-state index in [1.54, 1.807) is 13.8 Å². The van der Waals surface area contributed by atoms with Gasteiger partial charge in [0.1, 0.15) is 0 Å². The van der Waals surface area contributed by atoms with Crippen LogP contribution in [0.15, 0.2) is 0 Å². The van der Waals surface area contributed by atoms with Crippen LogP contribution in [0.25, 0.3) is 0 Å². The largest absolute Gasteiger partial charge is 0.480 e. The topological polar surface area (TPSA) is 70.3 Å². The van der Waals surface area contributed by atoms with Gasteiger partial charge in [-0.15, -0.1) is 0 Å². The van der Waals surface area contributed by atoms with Crippen LogP contribution in [0.4, 0.5) is 0 Å². The summed E-state index contributed by atoms with van der Waals surface area (Å²) in [6.07, 6.45) is 0.536. The molecule has 0 amide bonds. The molecule has 0 aromatic rings. The molecule has 0 bridgehead atoms. The van der Waals surface area contributed by atoms with E-state index in [0.29, 0.717) is 6.61 Å². The van der Waals surface area contributed by atoms with Crippen molar-refractivity contribution in [1.29, 1.82) is 5.26 Å². The highest BCUT2D eigenvalue weighted by Crippen LogP contribution is 2.38. The van der Waals surface area contributed by atoms with E-state index in [1.165, 1.54) is 0 Å². The zero-order chi connectivity index (χ0) is 10.1. The molecule has 0 aliphatic carbocycles. The monoisotopic (exact) mass is 183 g/mol. The molecule has 13 heavy (non-hydrogen) atoms. The Labute approximate surface area is 77.1 Å². The van der Waals surface area contributed by atoms with Gasteiger partial charge in [-0.2, -0.15) is 5.26 Å². The third-order valence-electron chi connectivity index (χ3n) is 2.37. The first-order valence-electron chi connectivity index (χ1n) is 4.20. The molecule has 4 heteroatoms. The van der Waals surface area contributed by atoms with Crippen molar-refractivity contribution >= 4 is 5.97 Å². The maximum atomic E-state index is 10.9. The first-order chi connectivity index (χ1) is 5.92. The number of hydrogen-bond donors (Lipinski definition) is 1. The van der Waals surface area contributed by atoms with E-state index in [2.05, 4.69) is 0 Å². The van der Waals surface area contributed by atoms with Gasteiger partial charge in [-0.05, 0) is 13.8 Å². The zero-order valence-electron chi connectivity index (χ0n) is 7.83. The second-order valence-corrected chi connectivity index (χ2v) is 4.03. The SMILES string of the molecule is CC1(C)CC(C#N)(C(=O)O)CCO1. The minimum absolute atomic E-state index is 0.256. The molecule has 1 N–H and O–H groups in total. The van der Waals surface area contributed by atoms with E-state index in [1.807, 2.05) is 6.07 Å². The first kappa shape index (κ1) is 10.0. The van der Waals surface area contributed by atoms with Crippen molar-refractivity contribution in [3.63, 3.8) is 0 Å². The average molecular weight is 183 g/mol. The van der Waals surface area contributed by atoms with E-state index in [-0.39, 0.29) is 12.8 Å². The molecule has 1 rings (SSSR count). The minimum atomic E-state index is -1.25. The van der Waals surface area contributed by atoms with Gasteiger partial charge in [0.2, 0.25) is 0 Å². The second kappa shape index (κ2) is 3.00. The van der Waals surface area contributed by atoms with Gasteiger partial charge in [0, 0.05) is 19.4 Å². The van der Waals surface area contributed by atoms with Gasteiger partial charge in [-0.1, -0.05) is 0 Å². The smallest absolute Gasteiger partial charge is 0.324 e. The summed E-state index contributed by atoms with van der Waals surface area (Å²) in [7, 11) is 0. The maximum absolute atomic E-state index is 10.9. The number of carboxylic acid groups (broad SMARTS) is 1. The zero-order valence-corrected chi connectivity index (χ0v) is 7.83. The van der Waals surface area contributed by atoms with Crippen molar-refractivity contribution < 1.29 is 14.6 Å². The van der Waals surface area contributed by atoms with Crippen LogP contribution in [0.5, 0.6) is 0 Å². The van der Waals surface area contributed by atoms with Crippen molar-refractivity contribution in [3.05, 3.63) is 0 Å². The normalized spacial score (nSPS) is 32.1. The Morgan fingerprint density at radius 3 is 2.54 bits per heavy atom. The van der Waals surface area contributed by atoms with Gasteiger partial charge in [-0.3, -0.25) is 4.79 Å². The summed E-state index contributed by atoms with van der Waals surface area (Å²) in [5.74, 6) is -1.04. The molecular weight excluding hydrogens is 170 g/mol. The number of aliphatic carboxylic acids is 1. The van der Waals surface area contributed by atoms with Crippen LogP contribution in [0, 0.1) is 16.7 Å². The Balaban J connectivity index is 2.91. The number of nitrogens with zero attached hydrogens (tertiary/aromatic N) is 1. The molecule has 1 aliphatic heterocycles. The van der Waals surface area contributed by atoms with Crippen molar-refractivity contribution in [2.24, 2.45) is 5.41 Å². The van der Waals surface area contributed by atoms with E-state index in [9.17, 15) is 4.79 Å². The lowest BCUT2D eigenvalue weighted by Gasteiger charge is -2.37. The molecule has 0 aromatic heterocycles. The van der Waals surface area contributed by atoms with Gasteiger partial charge in [-0.25, -0.2) is 0 Å². The van der Waals surface area contributed by atoms with Crippen LogP contribution < -0.4 is 0 Å². The Hall–Kier alpha value is -1.08. The number of hydrogen-bond acceptors (Lipinski definition) is 3. The highest BCUT2D eigenvalue weighted by Gasteiger charge is 2.47. The summed E-state index contributed by atoms with van der Waals surface area (Å²) < 4.78 is 5.36. The summed E-state index contributed by atoms with van der Waals surface area (Å²) in [5.41, 5.74) is -1.76. The summed E-state index contributed by atoms with van der Waals surface area (Å²) in [6.45, 7) is 3.95. The molecule has 1 fully saturated rings. The van der Waals surface area contributed by atoms with Crippen LogP contribution in [-0.4, -0.2) is 23.3 Å². The van der Waals surface area contributed by atoms with Crippen LogP contribution in [0.3, 0.4) is 0 Å². The van der Waals surface area contributed by atoms with Crippen molar-refractivity contribution in [2.75, 3.05) is 6.61 Å². The molecular formula is C9H13NO3. The number of ether oxygens (including phenoxy) is 1. The van der Waals surface area contributed by atoms with E-state index in [4.69, 9.17) is 15.1 Å². The van der Waals surface area contributed by atoms with Gasteiger partial charge < -0.3 is 9.84 Å². The molecule has 72 valence electrons. The van der Waals surface area contributed by atoms with Gasteiger partial charge in [0.25, 0.3) is 0 Å². The molecule has 0 spiro atoms. The predicted octanol–water partition coefficient (Wildman–Crippen LogP) is 1.17. The molecule has 1 heterocycles. The fraction of sp³-hybridized carbons (Fsp3) is 0.778. The van der Waals surface area contributed by atoms with Crippen LogP contribution in [-0.2, 0) is 9.53 Å². The molecule has 0 radical (unpaired) electrons. The number of nitriles is 1. The molecule has 1 atom stereocenters. The Bertz CT molecular complexity index is 267. The number of rotatable bonds is 1. The molecule has 1 saturated heterocycles. The van der Waals surface area contributed by atoms with Crippen LogP contribution in [0.2, 0.25) is 0 Å². The molecule has 4 nitrogen and oxygen atoms in total. The Morgan fingerprint density at radius 1 is 1.62 bits per heavy atom. The van der Waals surface area contributed by atoms with Crippen molar-refractivity contribution in [2.45, 2.75) is 32.3 Å². The van der Waals surface area contributed by atoms with E-state index >= 15 is 0 Å². The second-order valence-electron chi connectivity index (χ2n) is 4.03. The van der Waals surface area contributed by atoms with Crippen molar-refractivity contribution in [1.82, 2.24) is 0 Å². The molecule has 0 saturated carbocycles.